The number of nitrogens with one attached hydrogen (secondary N) is 2. The molecule has 1 aliphatic heterocycles. The van der Waals surface area contributed by atoms with Crippen molar-refractivity contribution >= 4 is 23.5 Å². The van der Waals surface area contributed by atoms with Crippen LogP contribution < -0.4 is 15.4 Å². The van der Waals surface area contributed by atoms with Gasteiger partial charge in [0, 0.05) is 12.1 Å². The highest BCUT2D eigenvalue weighted by Crippen LogP contribution is 2.25. The third-order valence-electron chi connectivity index (χ3n) is 3.65. The van der Waals surface area contributed by atoms with Gasteiger partial charge in [-0.2, -0.15) is 10.1 Å². The smallest absolute Gasteiger partial charge is 0.252 e. The maximum absolute atomic E-state index is 12.2. The summed E-state index contributed by atoms with van der Waals surface area (Å²) in [6.45, 7) is 4.42. The highest BCUT2D eigenvalue weighted by atomic mass is 16.5. The molecule has 0 spiro atoms. The number of ether oxygens (including phenoxy) is 1. The van der Waals surface area contributed by atoms with Crippen LogP contribution in [0.5, 0.6) is 5.75 Å². The Hall–Kier alpha value is -2.90. The van der Waals surface area contributed by atoms with Gasteiger partial charge in [-0.05, 0) is 31.2 Å². The number of fused-ring (bicyclic) bond motifs is 1. The van der Waals surface area contributed by atoms with Crippen molar-refractivity contribution in [3.8, 4) is 5.75 Å². The molecule has 1 unspecified atom stereocenters. The third kappa shape index (κ3) is 3.22. The Morgan fingerprint density at radius 1 is 1.33 bits per heavy atom. The first-order valence-corrected chi connectivity index (χ1v) is 7.89. The second-order valence-electron chi connectivity index (χ2n) is 5.36. The molecule has 8 heteroatoms. The largest absolute Gasteiger partial charge is 0.494 e. The van der Waals surface area contributed by atoms with Crippen molar-refractivity contribution in [1.82, 2.24) is 14.8 Å². The Morgan fingerprint density at radius 3 is 2.75 bits per heavy atom. The van der Waals surface area contributed by atoms with E-state index in [4.69, 9.17) is 4.74 Å². The van der Waals surface area contributed by atoms with Gasteiger partial charge in [0.2, 0.25) is 11.9 Å². The van der Waals surface area contributed by atoms with Gasteiger partial charge in [0.15, 0.2) is 5.82 Å². The summed E-state index contributed by atoms with van der Waals surface area (Å²) in [4.78, 5) is 28.4. The number of anilines is 2. The van der Waals surface area contributed by atoms with Gasteiger partial charge in [-0.15, -0.1) is 0 Å². The second-order valence-corrected chi connectivity index (χ2v) is 5.36. The normalized spacial score (nSPS) is 15.8. The molecule has 1 aromatic carbocycles. The Bertz CT molecular complexity index is 754. The number of carbonyl (C=O) groups excluding carboxylic acids is 2. The number of rotatable bonds is 6. The van der Waals surface area contributed by atoms with Crippen LogP contribution in [0.25, 0.3) is 0 Å². The lowest BCUT2D eigenvalue weighted by Crippen LogP contribution is -2.24. The predicted octanol–water partition coefficient (Wildman–Crippen LogP) is 1.76. The Balaban J connectivity index is 1.64. The van der Waals surface area contributed by atoms with Crippen molar-refractivity contribution in [2.45, 2.75) is 32.7 Å². The number of benzene rings is 1. The summed E-state index contributed by atoms with van der Waals surface area (Å²) in [5.41, 5.74) is 0.648. The van der Waals surface area contributed by atoms with Crippen molar-refractivity contribution in [2.24, 2.45) is 0 Å². The molecule has 0 aliphatic carbocycles. The molecule has 0 saturated carbocycles. The van der Waals surface area contributed by atoms with Crippen molar-refractivity contribution in [3.63, 3.8) is 0 Å². The zero-order chi connectivity index (χ0) is 17.1. The molecule has 2 heterocycles. The maximum Gasteiger partial charge on any atom is 0.252 e. The molecule has 0 bridgehead atoms. The fourth-order valence-electron chi connectivity index (χ4n) is 2.49. The first-order valence-electron chi connectivity index (χ1n) is 7.89. The Kier molecular flexibility index (Phi) is 4.45. The molecular weight excluding hydrogens is 310 g/mol. The predicted molar refractivity (Wildman–Crippen MR) is 87.9 cm³/mol. The van der Waals surface area contributed by atoms with Crippen molar-refractivity contribution in [1.29, 1.82) is 0 Å². The Labute approximate surface area is 139 Å². The van der Waals surface area contributed by atoms with Gasteiger partial charge >= 0.3 is 0 Å². The molecule has 1 atom stereocenters. The molecule has 8 nitrogen and oxygen atoms in total. The fourth-order valence-corrected chi connectivity index (χ4v) is 2.49. The Morgan fingerprint density at radius 2 is 2.08 bits per heavy atom. The number of aryl methyl sites for hydroxylation is 1. The van der Waals surface area contributed by atoms with E-state index in [0.29, 0.717) is 30.5 Å². The molecule has 2 amide bonds. The number of aromatic nitrogens is 3. The van der Waals surface area contributed by atoms with E-state index in [9.17, 15) is 9.59 Å². The number of amides is 2. The van der Waals surface area contributed by atoms with E-state index in [2.05, 4.69) is 20.7 Å². The number of hydrogen-bond donors (Lipinski definition) is 2. The van der Waals surface area contributed by atoms with Gasteiger partial charge in [-0.3, -0.25) is 14.9 Å². The van der Waals surface area contributed by atoms with Crippen LogP contribution in [0.15, 0.2) is 24.3 Å². The summed E-state index contributed by atoms with van der Waals surface area (Å²) < 4.78 is 6.84. The fraction of sp³-hybridized carbons (Fsp3) is 0.375. The quantitative estimate of drug-likeness (QED) is 0.841. The lowest BCUT2D eigenvalue weighted by molar-refractivity contribution is -0.123. The summed E-state index contributed by atoms with van der Waals surface area (Å²) in [5, 5.41) is 9.68. The number of nitrogens with zero attached hydrogens (tertiary/aromatic N) is 3. The lowest BCUT2D eigenvalue weighted by Gasteiger charge is -2.10. The molecule has 2 aromatic rings. The van der Waals surface area contributed by atoms with Crippen LogP contribution in [-0.4, -0.2) is 33.2 Å². The zero-order valence-corrected chi connectivity index (χ0v) is 13.6. The van der Waals surface area contributed by atoms with E-state index in [-0.39, 0.29) is 18.2 Å². The van der Waals surface area contributed by atoms with Gasteiger partial charge in [0.25, 0.3) is 5.91 Å². The molecule has 0 radical (unpaired) electrons. The summed E-state index contributed by atoms with van der Waals surface area (Å²) in [6, 6.07) is 6.41. The summed E-state index contributed by atoms with van der Waals surface area (Å²) in [7, 11) is 0. The van der Waals surface area contributed by atoms with Crippen molar-refractivity contribution < 1.29 is 14.3 Å². The van der Waals surface area contributed by atoms with Gasteiger partial charge in [0.1, 0.15) is 11.8 Å². The maximum atomic E-state index is 12.2. The zero-order valence-electron chi connectivity index (χ0n) is 13.6. The van der Waals surface area contributed by atoms with Crippen molar-refractivity contribution in [2.75, 3.05) is 17.2 Å². The van der Waals surface area contributed by atoms with Crippen LogP contribution in [-0.2, 0) is 16.0 Å². The van der Waals surface area contributed by atoms with Gasteiger partial charge < -0.3 is 10.1 Å². The van der Waals surface area contributed by atoms with E-state index in [1.165, 1.54) is 4.68 Å². The topological polar surface area (TPSA) is 98.1 Å². The summed E-state index contributed by atoms with van der Waals surface area (Å²) in [6.07, 6.45) is 0.666. The van der Waals surface area contributed by atoms with Crippen LogP contribution in [0.4, 0.5) is 11.6 Å². The highest BCUT2D eigenvalue weighted by molar-refractivity contribution is 6.00. The second kappa shape index (κ2) is 6.69. The molecule has 1 aliphatic rings. The van der Waals surface area contributed by atoms with E-state index in [1.807, 2.05) is 13.8 Å². The number of carbonyl (C=O) groups is 2. The lowest BCUT2D eigenvalue weighted by atomic mass is 10.2. The van der Waals surface area contributed by atoms with Crippen LogP contribution in [0.1, 0.15) is 32.1 Å². The van der Waals surface area contributed by atoms with Crippen LogP contribution in [0.3, 0.4) is 0 Å². The minimum Gasteiger partial charge on any atom is -0.494 e. The monoisotopic (exact) mass is 329 g/mol. The molecule has 3 rings (SSSR count). The standard InChI is InChI=1S/C16H19N5O3/c1-3-13-18-16-19-15(23)12(21(16)20-13)9-14(22)17-10-5-7-11(8-6-10)24-4-2/h5-8,12H,3-4,9H2,1-2H3,(H,17,22)(H,18,19,20,23). The molecule has 24 heavy (non-hydrogen) atoms. The van der Waals surface area contributed by atoms with Crippen LogP contribution in [0.2, 0.25) is 0 Å². The van der Waals surface area contributed by atoms with E-state index in [0.717, 1.165) is 5.75 Å². The van der Waals surface area contributed by atoms with E-state index < -0.39 is 6.04 Å². The molecule has 126 valence electrons. The molecular formula is C16H19N5O3. The molecule has 2 N–H and O–H groups in total. The van der Waals surface area contributed by atoms with Gasteiger partial charge in [-0.1, -0.05) is 6.92 Å². The number of hydrogen-bond acceptors (Lipinski definition) is 5. The summed E-state index contributed by atoms with van der Waals surface area (Å²) in [5.74, 6) is 1.25. The minimum absolute atomic E-state index is 0.00143. The average Bonchev–Trinajstić information content (AvgIpc) is 3.08. The van der Waals surface area contributed by atoms with Crippen LogP contribution >= 0.6 is 0 Å². The molecule has 0 saturated heterocycles. The van der Waals surface area contributed by atoms with E-state index in [1.54, 1.807) is 24.3 Å². The first kappa shape index (κ1) is 16.0. The SMILES string of the molecule is CCOc1ccc(NC(=O)CC2C(=O)Nc3nc(CC)nn32)cc1. The van der Waals surface area contributed by atoms with Gasteiger partial charge in [-0.25, -0.2) is 4.68 Å². The van der Waals surface area contributed by atoms with Crippen LogP contribution in [0, 0.1) is 0 Å². The molecule has 0 fully saturated rings. The molecule has 1 aromatic heterocycles. The van der Waals surface area contributed by atoms with E-state index >= 15 is 0 Å². The summed E-state index contributed by atoms with van der Waals surface area (Å²) >= 11 is 0. The third-order valence-corrected chi connectivity index (χ3v) is 3.65. The average molecular weight is 329 g/mol. The highest BCUT2D eigenvalue weighted by Gasteiger charge is 2.34. The first-order chi connectivity index (χ1) is 11.6. The van der Waals surface area contributed by atoms with Crippen molar-refractivity contribution in [3.05, 3.63) is 30.1 Å². The minimum atomic E-state index is -0.671. The van der Waals surface area contributed by atoms with Gasteiger partial charge in [0.05, 0.1) is 13.0 Å².